The third-order valence-electron chi connectivity index (χ3n) is 17.3. The topological polar surface area (TPSA) is 434 Å². The zero-order valence-electron chi connectivity index (χ0n) is 80.9. The van der Waals surface area contributed by atoms with E-state index in [0.717, 1.165) is 30.7 Å². The van der Waals surface area contributed by atoms with Gasteiger partial charge in [0.15, 0.2) is 70.2 Å². The van der Waals surface area contributed by atoms with Gasteiger partial charge >= 0.3 is 326 Å². The molecular formula is C78H65BBrCl5Cs2F27K2N15NaO17S. The van der Waals surface area contributed by atoms with Crippen molar-refractivity contribution in [2.24, 2.45) is 0 Å². The van der Waals surface area contributed by atoms with E-state index in [0.29, 0.717) is 60.1 Å². The first-order valence-electron chi connectivity index (χ1n) is 37.6. The number of aliphatic hydroxyl groups excluding tert-OH is 1. The van der Waals surface area contributed by atoms with Crippen molar-refractivity contribution in [3.8, 4) is 28.7 Å². The van der Waals surface area contributed by atoms with Crippen molar-refractivity contribution in [1.82, 2.24) is 49.8 Å². The molecule has 10 aromatic rings. The number of benzene rings is 5. The van der Waals surface area contributed by atoms with E-state index >= 15 is 0 Å². The number of aliphatic hydroxyl groups is 1. The molecule has 3 radical (unpaired) electrons. The second-order valence-corrected chi connectivity index (χ2v) is 30.8. The number of alkyl halides is 28. The fraction of sp³-hybridized carbons (Fsp3) is 0.308. The van der Waals surface area contributed by atoms with Gasteiger partial charge in [-0.2, -0.15) is 152 Å². The average Bonchev–Trinajstić information content (AvgIpc) is 0.757. The average molecular weight is 2660 g/mol. The molecule has 0 aliphatic carbocycles. The van der Waals surface area contributed by atoms with Crippen molar-refractivity contribution in [3.63, 3.8) is 0 Å². The number of carbonyl (C=O) groups is 4. The number of ether oxygens (including phenoxy) is 4. The van der Waals surface area contributed by atoms with Gasteiger partial charge in [0.2, 0.25) is 32.2 Å². The zero-order chi connectivity index (χ0) is 110. The van der Waals surface area contributed by atoms with Crippen molar-refractivity contribution in [2.75, 3.05) is 99.4 Å². The van der Waals surface area contributed by atoms with Crippen LogP contribution < -0.4 is 326 Å². The number of hydrogen-bond acceptors (Lipinski definition) is 32. The third-order valence-corrected chi connectivity index (χ3v) is 19.3. The minimum atomic E-state index is -5.24. The van der Waals surface area contributed by atoms with Crippen LogP contribution in [0.3, 0.4) is 0 Å². The molecule has 0 saturated carbocycles. The minimum Gasteiger partial charge on any atom is -1.00 e. The van der Waals surface area contributed by atoms with Crippen LogP contribution in [0.5, 0.6) is 28.7 Å². The number of Topliss-reactive ketones (excluding diaryl/α,β-unsaturated/α-hetero) is 2. The van der Waals surface area contributed by atoms with Crippen LogP contribution in [0.2, 0.25) is 26.4 Å². The molecule has 6 N–H and O–H groups in total. The first-order valence-corrected chi connectivity index (χ1v) is 42.4. The smallest absolute Gasteiger partial charge is 1.00 e. The Morgan fingerprint density at radius 3 is 1.20 bits per heavy atom. The summed E-state index contributed by atoms with van der Waals surface area (Å²) in [7, 11) is 3.10. The number of halogens is 33. The number of ketones is 2. The van der Waals surface area contributed by atoms with Crippen molar-refractivity contribution in [3.05, 3.63) is 232 Å². The van der Waals surface area contributed by atoms with Crippen molar-refractivity contribution >= 4 is 146 Å². The summed E-state index contributed by atoms with van der Waals surface area (Å²) in [5.41, 5.74) is -15.9. The molecule has 799 valence electrons. The van der Waals surface area contributed by atoms with Crippen molar-refractivity contribution in [1.29, 1.82) is 0 Å². The monoisotopic (exact) mass is 2660 g/mol. The molecule has 1 aliphatic heterocycles. The van der Waals surface area contributed by atoms with Crippen LogP contribution in [0.25, 0.3) is 0 Å². The molecule has 1 aliphatic rings. The molecule has 72 heteroatoms. The van der Waals surface area contributed by atoms with Gasteiger partial charge in [-0.15, -0.1) is 0 Å². The number of likely N-dealkylation sites (N-methyl/N-ethyl adjacent to an activating group) is 1. The Kier molecular flexibility index (Phi) is 67.0. The van der Waals surface area contributed by atoms with Crippen molar-refractivity contribution in [2.45, 2.75) is 80.8 Å². The molecule has 32 nitrogen and oxygen atoms in total. The summed E-state index contributed by atoms with van der Waals surface area (Å²) in [6.45, 7) is -1.43. The molecule has 0 saturated heterocycles. The molecule has 0 fully saturated rings. The van der Waals surface area contributed by atoms with Gasteiger partial charge in [0, 0.05) is 54.8 Å². The van der Waals surface area contributed by atoms with Crippen LogP contribution >= 0.6 is 73.9 Å². The second kappa shape index (κ2) is 66.9. The van der Waals surface area contributed by atoms with Crippen LogP contribution in [-0.4, -0.2) is 175 Å². The number of nitrogens with zero attached hydrogens (tertiary/aromatic N) is 11. The fourth-order valence-corrected chi connectivity index (χ4v) is 12.6. The van der Waals surface area contributed by atoms with Crippen LogP contribution in [0.4, 0.5) is 148 Å². The quantitative estimate of drug-likeness (QED) is 0.00603. The van der Waals surface area contributed by atoms with Gasteiger partial charge in [-0.05, 0) is 136 Å². The van der Waals surface area contributed by atoms with E-state index in [2.05, 4.69) is 101 Å². The summed E-state index contributed by atoms with van der Waals surface area (Å²) in [6, 6.07) is 6.66. The van der Waals surface area contributed by atoms with Crippen LogP contribution in [0.1, 0.15) is 116 Å². The van der Waals surface area contributed by atoms with Crippen molar-refractivity contribution < 1.29 is 474 Å². The van der Waals surface area contributed by atoms with E-state index in [4.69, 9.17) is 102 Å². The Hall–Kier alpha value is -3.95. The number of aryl methyl sites for hydroxylation is 1. The molecule has 150 heavy (non-hydrogen) atoms. The maximum absolute atomic E-state index is 13.5. The van der Waals surface area contributed by atoms with Crippen LogP contribution in [-0.2, 0) is 89.3 Å². The van der Waals surface area contributed by atoms with E-state index < -0.39 is 182 Å². The molecule has 5 aromatic heterocycles. The molecule has 6 heterocycles. The summed E-state index contributed by atoms with van der Waals surface area (Å²) in [4.78, 5) is 84.2. The third kappa shape index (κ3) is 49.1. The number of aromatic nitrogens is 10. The molecule has 0 spiro atoms. The Morgan fingerprint density at radius 2 is 0.820 bits per heavy atom. The molecule has 0 bridgehead atoms. The minimum absolute atomic E-state index is 0. The first kappa shape index (κ1) is 150. The Balaban J connectivity index is -0.000000421. The van der Waals surface area contributed by atoms with Gasteiger partial charge in [0.25, 0.3) is 23.1 Å². The molecule has 0 amide bonds. The predicted octanol–water partition coefficient (Wildman–Crippen LogP) is 4.15. The van der Waals surface area contributed by atoms with Gasteiger partial charge in [-0.1, -0.05) is 57.9 Å². The predicted molar refractivity (Wildman–Crippen MR) is 460 cm³/mol. The Morgan fingerprint density at radius 1 is 0.493 bits per heavy atom. The maximum atomic E-state index is 13.5. The second-order valence-electron chi connectivity index (χ2n) is 27.0. The Labute approximate surface area is 1090 Å². The largest absolute Gasteiger partial charge is 1.00 e. The number of anilines is 5. The number of carbonyl (C=O) groups excluding carboxylic acids is 4. The number of aromatic hydroxyl groups is 1. The van der Waals surface area contributed by atoms with Gasteiger partial charge < -0.3 is 79.9 Å². The molecule has 5 aromatic carbocycles. The standard InChI is InChI=1S/C16H14ClF6N3O4S.C15H12ClF6N3O2.C15H10ClF6N3O2.C15H10ClF6N3O.C10H8BrF3O.C5H6ClN3O.2CH2O3.B.2Cs.2K.Na.3H/c1-24-13-11(6-25-14(17)26-13)29-7-12(30-31(2,27)28)9-4-3-8(15(18,19)20)5-10(9)16(21,22)23;2*1-23-12-11(5-24-13(16)25-12)27-6-10(26)8-3-2-7(14(17,18)19)4-9(8)15(20,21)22;1-25-10(6-26-11-5-23-13(16)24-12(11)25)8-3-2-7(14(17,18)19)4-9(8)15(20,21)22;1-6-2-3-7(9(15)5-11)8(4-6)10(12,13)14;1-7-4-3(10)2-8-5(6)9-4;2*2-1-4-3;;;;;;;;;/h3-6,12H,7H2,1-2H3,(H,24,25,26);2-5,10,26H,6H2,1H3,(H,23,24,25);2-5H,6H2,1H3,(H,23,24,25);2-5,10H,6H2,1H3;2-4H,5H2,1H3;2,10H,1H3,(H,7,8,9);2*1,3H;;;;;;;;;/q;;;;;;;;;5*+1;3*-1/p-2. The Bertz CT molecular complexity index is 6200. The van der Waals surface area contributed by atoms with E-state index in [1.807, 2.05) is 0 Å². The van der Waals surface area contributed by atoms with Crippen LogP contribution in [0.15, 0.2) is 122 Å². The molecule has 11 rings (SSSR count). The summed E-state index contributed by atoms with van der Waals surface area (Å²) in [6.07, 6.45) is -42.3. The van der Waals surface area contributed by atoms with Gasteiger partial charge in [0.05, 0.1) is 98.7 Å². The van der Waals surface area contributed by atoms with Crippen LogP contribution in [0, 0.1) is 6.92 Å². The molecule has 3 unspecified atom stereocenters. The van der Waals surface area contributed by atoms with E-state index in [-0.39, 0.29) is 422 Å². The molecular weight excluding hydrogens is 2600 g/mol. The van der Waals surface area contributed by atoms with Gasteiger partial charge in [-0.3, -0.25) is 23.4 Å². The first-order chi connectivity index (χ1) is 66.4. The normalized spacial score (nSPS) is 12.5. The van der Waals surface area contributed by atoms with E-state index in [9.17, 15) is 142 Å². The number of rotatable bonds is 23. The van der Waals surface area contributed by atoms with Gasteiger partial charge in [-0.25, -0.2) is 24.9 Å². The van der Waals surface area contributed by atoms with E-state index in [1.165, 1.54) is 57.6 Å². The maximum Gasteiger partial charge on any atom is 1.00 e. The van der Waals surface area contributed by atoms with E-state index in [1.54, 1.807) is 14.0 Å². The summed E-state index contributed by atoms with van der Waals surface area (Å²) >= 11 is 30.8. The summed E-state index contributed by atoms with van der Waals surface area (Å²) < 4.78 is 399. The zero-order valence-corrected chi connectivity index (χ0v) is 105. The SMILES string of the molecule is CN1c2nc(Cl)ncc2OCC1c1ccc(C(F)(F)F)cc1C(F)(F)F.CNc1nc(Cl)ncc1O.CNc1nc(Cl)ncc1OCC(=O)c1ccc(C(F)(F)F)cc1C(F)(F)F.CNc1nc(Cl)ncc1OCC(O)c1ccc(C(F)(F)F)cc1C(F)(F)F.CNc1nc(Cl)ncc1OCC(OS(C)(=O)=O)c1ccc(C(F)(F)F)cc1C(F)(F)F.Cc1ccc(C(=O)CBr)c(C(F)(F)F)c1.O=CO[O-].O=CO[O-].[B].[Cs+].[Cs+].[H-].[H-].[H-].[K+].[K+].[Na+]. The number of hydrogen-bond donors (Lipinski definition) is 6. The summed E-state index contributed by atoms with van der Waals surface area (Å²) in [5.74, 6) is -1.03. The fourth-order valence-electron chi connectivity index (χ4n) is 11.1. The molecule has 3 atom stereocenters. The number of fused-ring (bicyclic) bond motifs is 1. The number of nitrogens with one attached hydrogen (secondary N) is 4. The van der Waals surface area contributed by atoms with Gasteiger partial charge in [0.1, 0.15) is 32.0 Å². The summed E-state index contributed by atoms with van der Waals surface area (Å²) in [5, 5.41) is 45.8.